The minimum Gasteiger partial charge on any atom is -0.353 e. The summed E-state index contributed by atoms with van der Waals surface area (Å²) in [6.07, 6.45) is 1.80. The average molecular weight is 244 g/mol. The molecule has 18 heavy (non-hydrogen) atoms. The highest BCUT2D eigenvalue weighted by atomic mass is 15.3. The molecule has 4 nitrogen and oxygen atoms in total. The summed E-state index contributed by atoms with van der Waals surface area (Å²) in [6.45, 7) is 6.77. The third-order valence-electron chi connectivity index (χ3n) is 2.84. The van der Waals surface area contributed by atoms with Crippen LogP contribution in [0, 0.1) is 5.92 Å². The molecule has 1 aromatic heterocycles. The summed E-state index contributed by atoms with van der Waals surface area (Å²) >= 11 is 0. The van der Waals surface area contributed by atoms with Crippen LogP contribution in [0.1, 0.15) is 13.8 Å². The molecule has 0 aliphatic heterocycles. The standard InChI is InChI=1S/C14H20N4/c1-11(2)10-18(8-7-15)14-13-6-4-3-5-12(13)9-16-17-14/h3-6,9,11H,7-8,10,15H2,1-2H3. The topological polar surface area (TPSA) is 55.0 Å². The van der Waals surface area contributed by atoms with E-state index >= 15 is 0 Å². The van der Waals surface area contributed by atoms with Gasteiger partial charge in [-0.15, -0.1) is 5.10 Å². The van der Waals surface area contributed by atoms with E-state index in [1.165, 1.54) is 0 Å². The van der Waals surface area contributed by atoms with Gasteiger partial charge in [-0.05, 0) is 5.92 Å². The van der Waals surface area contributed by atoms with E-state index in [0.29, 0.717) is 12.5 Å². The van der Waals surface area contributed by atoms with Gasteiger partial charge in [0.1, 0.15) is 0 Å². The molecule has 1 heterocycles. The van der Waals surface area contributed by atoms with Crippen LogP contribution in [0.15, 0.2) is 30.5 Å². The Morgan fingerprint density at radius 3 is 2.78 bits per heavy atom. The zero-order valence-corrected chi connectivity index (χ0v) is 11.0. The van der Waals surface area contributed by atoms with Crippen molar-refractivity contribution in [2.24, 2.45) is 11.7 Å². The molecule has 0 aliphatic rings. The van der Waals surface area contributed by atoms with Gasteiger partial charge in [0.05, 0.1) is 6.20 Å². The Balaban J connectivity index is 2.43. The maximum absolute atomic E-state index is 5.70. The van der Waals surface area contributed by atoms with Crippen molar-refractivity contribution in [1.82, 2.24) is 10.2 Å². The molecule has 0 bridgehead atoms. The van der Waals surface area contributed by atoms with Crippen LogP contribution in [-0.4, -0.2) is 29.8 Å². The molecule has 0 spiro atoms. The molecule has 4 heteroatoms. The van der Waals surface area contributed by atoms with Crippen molar-refractivity contribution in [2.45, 2.75) is 13.8 Å². The van der Waals surface area contributed by atoms with Gasteiger partial charge in [0.2, 0.25) is 0 Å². The number of hydrogen-bond acceptors (Lipinski definition) is 4. The Bertz CT molecular complexity index is 505. The van der Waals surface area contributed by atoms with E-state index in [-0.39, 0.29) is 0 Å². The molecule has 2 aromatic rings. The van der Waals surface area contributed by atoms with Gasteiger partial charge < -0.3 is 10.6 Å². The van der Waals surface area contributed by atoms with Crippen LogP contribution in [0.3, 0.4) is 0 Å². The second-order valence-electron chi connectivity index (χ2n) is 4.88. The molecule has 0 amide bonds. The van der Waals surface area contributed by atoms with Gasteiger partial charge >= 0.3 is 0 Å². The van der Waals surface area contributed by atoms with E-state index in [1.54, 1.807) is 6.20 Å². The van der Waals surface area contributed by atoms with Crippen LogP contribution in [-0.2, 0) is 0 Å². The van der Waals surface area contributed by atoms with Crippen LogP contribution in [0.25, 0.3) is 10.8 Å². The number of rotatable bonds is 5. The lowest BCUT2D eigenvalue weighted by Gasteiger charge is -2.25. The third kappa shape index (κ3) is 2.76. The van der Waals surface area contributed by atoms with Gasteiger partial charge in [0.25, 0.3) is 0 Å². The predicted octanol–water partition coefficient (Wildman–Crippen LogP) is 2.05. The van der Waals surface area contributed by atoms with Gasteiger partial charge in [-0.1, -0.05) is 38.1 Å². The molecule has 2 rings (SSSR count). The molecule has 0 atom stereocenters. The molecule has 96 valence electrons. The van der Waals surface area contributed by atoms with Gasteiger partial charge in [-0.25, -0.2) is 0 Å². The zero-order chi connectivity index (χ0) is 13.0. The van der Waals surface area contributed by atoms with E-state index in [4.69, 9.17) is 5.73 Å². The van der Waals surface area contributed by atoms with E-state index in [1.807, 2.05) is 12.1 Å². The van der Waals surface area contributed by atoms with Crippen molar-refractivity contribution in [1.29, 1.82) is 0 Å². The summed E-state index contributed by atoms with van der Waals surface area (Å²) in [6, 6.07) is 8.19. The van der Waals surface area contributed by atoms with Crippen molar-refractivity contribution >= 4 is 16.6 Å². The summed E-state index contributed by atoms with van der Waals surface area (Å²) in [5.41, 5.74) is 5.70. The smallest absolute Gasteiger partial charge is 0.159 e. The van der Waals surface area contributed by atoms with Crippen LogP contribution in [0.5, 0.6) is 0 Å². The minimum absolute atomic E-state index is 0.567. The molecule has 2 N–H and O–H groups in total. The highest BCUT2D eigenvalue weighted by Crippen LogP contribution is 2.23. The summed E-state index contributed by atoms with van der Waals surface area (Å²) in [7, 11) is 0. The zero-order valence-electron chi connectivity index (χ0n) is 11.0. The lowest BCUT2D eigenvalue weighted by Crippen LogP contribution is -2.33. The Labute approximate surface area is 108 Å². The maximum atomic E-state index is 5.70. The number of hydrogen-bond donors (Lipinski definition) is 1. The van der Waals surface area contributed by atoms with Gasteiger partial charge in [0, 0.05) is 30.4 Å². The first-order valence-corrected chi connectivity index (χ1v) is 6.38. The van der Waals surface area contributed by atoms with Crippen molar-refractivity contribution in [3.05, 3.63) is 30.5 Å². The molecular formula is C14H20N4. The summed E-state index contributed by atoms with van der Waals surface area (Å²) in [4.78, 5) is 2.22. The lowest BCUT2D eigenvalue weighted by molar-refractivity contribution is 0.606. The molecule has 0 aliphatic carbocycles. The van der Waals surface area contributed by atoms with Crippen molar-refractivity contribution in [2.75, 3.05) is 24.5 Å². The summed E-state index contributed by atoms with van der Waals surface area (Å²) in [5.74, 6) is 1.50. The number of fused-ring (bicyclic) bond motifs is 1. The number of nitrogens with zero attached hydrogens (tertiary/aromatic N) is 3. The fourth-order valence-electron chi connectivity index (χ4n) is 2.13. The molecule has 0 fully saturated rings. The van der Waals surface area contributed by atoms with E-state index in [9.17, 15) is 0 Å². The van der Waals surface area contributed by atoms with Crippen molar-refractivity contribution < 1.29 is 0 Å². The monoisotopic (exact) mass is 244 g/mol. The van der Waals surface area contributed by atoms with Crippen LogP contribution >= 0.6 is 0 Å². The Kier molecular flexibility index (Phi) is 4.10. The highest BCUT2D eigenvalue weighted by Gasteiger charge is 2.12. The molecule has 0 unspecified atom stereocenters. The Hall–Kier alpha value is -1.68. The summed E-state index contributed by atoms with van der Waals surface area (Å²) < 4.78 is 0. The Morgan fingerprint density at radius 1 is 1.28 bits per heavy atom. The SMILES string of the molecule is CC(C)CN(CCN)c1nncc2ccccc12. The number of anilines is 1. The van der Waals surface area contributed by atoms with Gasteiger partial charge in [-0.3, -0.25) is 0 Å². The lowest BCUT2D eigenvalue weighted by atomic mass is 10.1. The van der Waals surface area contributed by atoms with E-state index in [2.05, 4.69) is 41.1 Å². The molecular weight excluding hydrogens is 224 g/mol. The predicted molar refractivity (Wildman–Crippen MR) is 75.6 cm³/mol. The average Bonchev–Trinajstić information content (AvgIpc) is 2.37. The molecule has 0 saturated heterocycles. The second-order valence-corrected chi connectivity index (χ2v) is 4.88. The maximum Gasteiger partial charge on any atom is 0.159 e. The van der Waals surface area contributed by atoms with Gasteiger partial charge in [0.15, 0.2) is 5.82 Å². The van der Waals surface area contributed by atoms with E-state index < -0.39 is 0 Å². The normalized spacial score (nSPS) is 11.1. The fraction of sp³-hybridized carbons (Fsp3) is 0.429. The summed E-state index contributed by atoms with van der Waals surface area (Å²) in [5, 5.41) is 10.6. The van der Waals surface area contributed by atoms with E-state index in [0.717, 1.165) is 29.7 Å². The fourth-order valence-corrected chi connectivity index (χ4v) is 2.13. The minimum atomic E-state index is 0.567. The first kappa shape index (κ1) is 12.8. The third-order valence-corrected chi connectivity index (χ3v) is 2.84. The first-order chi connectivity index (χ1) is 8.72. The highest BCUT2D eigenvalue weighted by molar-refractivity contribution is 5.91. The van der Waals surface area contributed by atoms with Crippen molar-refractivity contribution in [3.8, 4) is 0 Å². The second kappa shape index (κ2) is 5.78. The molecule has 1 aromatic carbocycles. The number of aromatic nitrogens is 2. The van der Waals surface area contributed by atoms with Gasteiger partial charge in [-0.2, -0.15) is 5.10 Å². The Morgan fingerprint density at radius 2 is 2.06 bits per heavy atom. The van der Waals surface area contributed by atoms with Crippen molar-refractivity contribution in [3.63, 3.8) is 0 Å². The van der Waals surface area contributed by atoms with Crippen LogP contribution < -0.4 is 10.6 Å². The van der Waals surface area contributed by atoms with Crippen LogP contribution in [0.2, 0.25) is 0 Å². The molecule has 0 radical (unpaired) electrons. The first-order valence-electron chi connectivity index (χ1n) is 6.38. The quantitative estimate of drug-likeness (QED) is 0.874. The number of nitrogens with two attached hydrogens (primary N) is 1. The van der Waals surface area contributed by atoms with Crippen LogP contribution in [0.4, 0.5) is 5.82 Å². The largest absolute Gasteiger partial charge is 0.353 e. The molecule has 0 saturated carbocycles. The number of benzene rings is 1.